The third-order valence-corrected chi connectivity index (χ3v) is 3.45. The second-order valence-electron chi connectivity index (χ2n) is 2.70. The molecule has 1 aliphatic rings. The highest BCUT2D eigenvalue weighted by atomic mass is 31.2. The minimum atomic E-state index is -2.88. The molecule has 1 aliphatic heterocycles. The van der Waals surface area contributed by atoms with E-state index in [1.165, 1.54) is 0 Å². The van der Waals surface area contributed by atoms with Gasteiger partial charge in [0, 0.05) is 13.1 Å². The lowest BCUT2D eigenvalue weighted by Crippen LogP contribution is -2.32. The molecule has 1 fully saturated rings. The third-order valence-electron chi connectivity index (χ3n) is 1.71. The number of nitrogens with two attached hydrogens (primary N) is 1. The van der Waals surface area contributed by atoms with Crippen LogP contribution in [0.3, 0.4) is 0 Å². The molecule has 1 rings (SSSR count). The van der Waals surface area contributed by atoms with Crippen LogP contribution in [0.4, 0.5) is 0 Å². The molecule has 5 heteroatoms. The number of hydrogen-bond donors (Lipinski definition) is 1. The molecule has 4 nitrogen and oxygen atoms in total. The fourth-order valence-corrected chi connectivity index (χ4v) is 2.63. The van der Waals surface area contributed by atoms with Crippen LogP contribution in [0.15, 0.2) is 0 Å². The van der Waals surface area contributed by atoms with Crippen LogP contribution in [0.25, 0.3) is 0 Å². The fourth-order valence-electron chi connectivity index (χ4n) is 1.17. The maximum Gasteiger partial charge on any atom is 0.340 e. The van der Waals surface area contributed by atoms with Crippen LogP contribution < -0.4 is 5.50 Å². The molecule has 0 saturated carbocycles. The molecule has 1 saturated heterocycles. The summed E-state index contributed by atoms with van der Waals surface area (Å²) in [5.74, 6) is 0. The summed E-state index contributed by atoms with van der Waals surface area (Å²) in [5, 5.41) is 0. The number of nitrogens with zero attached hydrogens (tertiary/aromatic N) is 1. The Labute approximate surface area is 67.3 Å². The molecule has 66 valence electrons. The minimum Gasteiger partial charge on any atom is -0.306 e. The van der Waals surface area contributed by atoms with Crippen molar-refractivity contribution in [2.75, 3.05) is 19.7 Å². The second-order valence-corrected chi connectivity index (χ2v) is 4.66. The zero-order valence-electron chi connectivity index (χ0n) is 6.82. The summed E-state index contributed by atoms with van der Waals surface area (Å²) in [6.07, 6.45) is 1.89. The van der Waals surface area contributed by atoms with E-state index in [1.54, 1.807) is 4.67 Å². The van der Waals surface area contributed by atoms with Crippen LogP contribution in [0.5, 0.6) is 0 Å². The average molecular weight is 178 g/mol. The van der Waals surface area contributed by atoms with Crippen LogP contribution in [-0.4, -0.2) is 24.4 Å². The standard InChI is InChI=1S/C6H15N2O2P/c1-2-4-8-5-3-6-10-11(8,7)9/h2-6H2,1H3,(H2,7,9). The highest BCUT2D eigenvalue weighted by Crippen LogP contribution is 2.44. The molecule has 0 aromatic heterocycles. The fraction of sp³-hybridized carbons (Fsp3) is 1.00. The molecule has 0 bridgehead atoms. The summed E-state index contributed by atoms with van der Waals surface area (Å²) < 4.78 is 18.2. The topological polar surface area (TPSA) is 55.6 Å². The molecule has 0 spiro atoms. The molecule has 1 atom stereocenters. The van der Waals surface area contributed by atoms with Gasteiger partial charge in [0.1, 0.15) is 0 Å². The lowest BCUT2D eigenvalue weighted by molar-refractivity contribution is 0.206. The smallest absolute Gasteiger partial charge is 0.306 e. The van der Waals surface area contributed by atoms with E-state index in [1.807, 2.05) is 6.92 Å². The lowest BCUT2D eigenvalue weighted by atomic mass is 10.4. The molecule has 0 aromatic carbocycles. The molecule has 0 aromatic rings. The third kappa shape index (κ3) is 2.27. The van der Waals surface area contributed by atoms with E-state index in [4.69, 9.17) is 10.0 Å². The monoisotopic (exact) mass is 178 g/mol. The number of hydrogen-bond acceptors (Lipinski definition) is 2. The summed E-state index contributed by atoms with van der Waals surface area (Å²) in [5.41, 5.74) is 5.47. The van der Waals surface area contributed by atoms with Gasteiger partial charge in [0.15, 0.2) is 0 Å². The van der Waals surface area contributed by atoms with Gasteiger partial charge in [-0.3, -0.25) is 4.57 Å². The van der Waals surface area contributed by atoms with E-state index >= 15 is 0 Å². The van der Waals surface area contributed by atoms with Crippen molar-refractivity contribution in [1.82, 2.24) is 4.67 Å². The van der Waals surface area contributed by atoms with E-state index in [9.17, 15) is 4.57 Å². The first kappa shape index (κ1) is 9.20. The van der Waals surface area contributed by atoms with E-state index in [0.29, 0.717) is 6.61 Å². The van der Waals surface area contributed by atoms with Gasteiger partial charge in [0.2, 0.25) is 0 Å². The Morgan fingerprint density at radius 2 is 2.45 bits per heavy atom. The van der Waals surface area contributed by atoms with Gasteiger partial charge in [0.05, 0.1) is 6.61 Å². The largest absolute Gasteiger partial charge is 0.340 e. The molecule has 0 radical (unpaired) electrons. The van der Waals surface area contributed by atoms with Crippen molar-refractivity contribution in [3.05, 3.63) is 0 Å². The molecule has 11 heavy (non-hydrogen) atoms. The van der Waals surface area contributed by atoms with Crippen molar-refractivity contribution in [1.29, 1.82) is 0 Å². The predicted octanol–water partition coefficient (Wildman–Crippen LogP) is 1.19. The van der Waals surface area contributed by atoms with Crippen LogP contribution in [0.2, 0.25) is 0 Å². The summed E-state index contributed by atoms with van der Waals surface area (Å²) in [6, 6.07) is 0. The Morgan fingerprint density at radius 1 is 1.73 bits per heavy atom. The van der Waals surface area contributed by atoms with Crippen molar-refractivity contribution in [2.24, 2.45) is 5.50 Å². The average Bonchev–Trinajstić information content (AvgIpc) is 1.94. The van der Waals surface area contributed by atoms with Gasteiger partial charge in [-0.1, -0.05) is 6.92 Å². The maximum atomic E-state index is 11.4. The maximum absolute atomic E-state index is 11.4. The molecular formula is C6H15N2O2P. The molecule has 2 N–H and O–H groups in total. The second kappa shape index (κ2) is 3.68. The summed E-state index contributed by atoms with van der Waals surface area (Å²) in [7, 11) is -2.88. The minimum absolute atomic E-state index is 0.536. The van der Waals surface area contributed by atoms with E-state index in [2.05, 4.69) is 0 Å². The molecule has 0 amide bonds. The van der Waals surface area contributed by atoms with Gasteiger partial charge in [0.25, 0.3) is 0 Å². The van der Waals surface area contributed by atoms with Gasteiger partial charge in [-0.15, -0.1) is 0 Å². The van der Waals surface area contributed by atoms with Crippen LogP contribution >= 0.6 is 7.67 Å². The first-order valence-corrected chi connectivity index (χ1v) is 5.60. The van der Waals surface area contributed by atoms with Crippen molar-refractivity contribution in [3.8, 4) is 0 Å². The van der Waals surface area contributed by atoms with Crippen LogP contribution in [0, 0.1) is 0 Å². The first-order valence-electron chi connectivity index (χ1n) is 3.95. The quantitative estimate of drug-likeness (QED) is 0.645. The Kier molecular flexibility index (Phi) is 3.07. The van der Waals surface area contributed by atoms with Gasteiger partial charge in [-0.05, 0) is 12.8 Å². The molecular weight excluding hydrogens is 163 g/mol. The normalized spacial score (nSPS) is 34.0. The highest BCUT2D eigenvalue weighted by molar-refractivity contribution is 7.53. The van der Waals surface area contributed by atoms with E-state index in [0.717, 1.165) is 25.9 Å². The van der Waals surface area contributed by atoms with Crippen LogP contribution in [-0.2, 0) is 9.09 Å². The van der Waals surface area contributed by atoms with Crippen molar-refractivity contribution < 1.29 is 9.09 Å². The van der Waals surface area contributed by atoms with E-state index in [-0.39, 0.29) is 0 Å². The molecule has 0 aliphatic carbocycles. The van der Waals surface area contributed by atoms with Gasteiger partial charge in [-0.2, -0.15) is 0 Å². The van der Waals surface area contributed by atoms with Crippen molar-refractivity contribution in [2.45, 2.75) is 19.8 Å². The summed E-state index contributed by atoms with van der Waals surface area (Å²) in [6.45, 7) is 4.15. The van der Waals surface area contributed by atoms with E-state index < -0.39 is 7.67 Å². The zero-order chi connectivity index (χ0) is 8.32. The van der Waals surface area contributed by atoms with Crippen molar-refractivity contribution in [3.63, 3.8) is 0 Å². The van der Waals surface area contributed by atoms with Gasteiger partial charge < -0.3 is 4.52 Å². The Hall–Kier alpha value is 0.110. The van der Waals surface area contributed by atoms with Gasteiger partial charge in [-0.25, -0.2) is 10.2 Å². The predicted molar refractivity (Wildman–Crippen MR) is 44.2 cm³/mol. The molecule has 1 heterocycles. The Balaban J connectivity index is 2.53. The Bertz CT molecular complexity index is 172. The lowest BCUT2D eigenvalue weighted by Gasteiger charge is -2.31. The Morgan fingerprint density at radius 3 is 3.00 bits per heavy atom. The van der Waals surface area contributed by atoms with Crippen molar-refractivity contribution >= 4 is 7.67 Å². The highest BCUT2D eigenvalue weighted by Gasteiger charge is 2.29. The number of rotatable bonds is 2. The SMILES string of the molecule is CCCN1CCCOP1(N)=O. The van der Waals surface area contributed by atoms with Gasteiger partial charge >= 0.3 is 7.67 Å². The summed E-state index contributed by atoms with van der Waals surface area (Å²) in [4.78, 5) is 0. The molecule has 1 unspecified atom stereocenters. The summed E-state index contributed by atoms with van der Waals surface area (Å²) >= 11 is 0. The first-order chi connectivity index (χ1) is 5.17. The zero-order valence-corrected chi connectivity index (χ0v) is 7.72. The van der Waals surface area contributed by atoms with Crippen LogP contribution in [0.1, 0.15) is 19.8 Å².